The fourth-order valence-electron chi connectivity index (χ4n) is 2.34. The van der Waals surface area contributed by atoms with Crippen molar-refractivity contribution >= 4 is 57.2 Å². The van der Waals surface area contributed by atoms with Crippen LogP contribution in [0.2, 0.25) is 10.0 Å². The largest absolute Gasteiger partial charge is 0.494 e. The van der Waals surface area contributed by atoms with Gasteiger partial charge in [-0.2, -0.15) is 5.10 Å². The molecular weight excluding hydrogens is 413 g/mol. The molecule has 2 aromatic heterocycles. The van der Waals surface area contributed by atoms with E-state index in [4.69, 9.17) is 32.7 Å². The maximum atomic E-state index is 6.27. The van der Waals surface area contributed by atoms with E-state index in [1.807, 2.05) is 24.4 Å². The summed E-state index contributed by atoms with van der Waals surface area (Å²) in [5.41, 5.74) is 4.54. The van der Waals surface area contributed by atoms with Crippen molar-refractivity contribution in [2.75, 3.05) is 19.6 Å². The average Bonchev–Trinajstić information content (AvgIpc) is 3.25. The summed E-state index contributed by atoms with van der Waals surface area (Å²) in [7, 11) is 3.02. The number of rotatable bonds is 6. The Morgan fingerprint density at radius 1 is 1.23 bits per heavy atom. The molecule has 1 N–H and O–H groups in total. The third kappa shape index (κ3) is 3.81. The van der Waals surface area contributed by atoms with Crippen molar-refractivity contribution < 1.29 is 9.47 Å². The molecule has 0 radical (unpaired) electrons. The summed E-state index contributed by atoms with van der Waals surface area (Å²) in [5.74, 6) is 0.805. The molecule has 0 spiro atoms. The van der Waals surface area contributed by atoms with Gasteiger partial charge in [-0.1, -0.05) is 29.3 Å². The van der Waals surface area contributed by atoms with Crippen LogP contribution in [0.15, 0.2) is 28.7 Å². The lowest BCUT2D eigenvalue weighted by molar-refractivity contribution is 0.394. The Balaban J connectivity index is 1.82. The molecule has 2 heterocycles. The SMILES string of the molecule is COc1c(Cl)cc(/C=N\Nc2nc(-c3cccs3)c(C)s2)c(OC)c1Cl. The van der Waals surface area contributed by atoms with Crippen molar-refractivity contribution in [1.29, 1.82) is 0 Å². The van der Waals surface area contributed by atoms with E-state index in [-0.39, 0.29) is 0 Å². The molecule has 0 unspecified atom stereocenters. The number of benzene rings is 1. The standard InChI is InChI=1S/C17H15Cl2N3O2S2/c1-9-14(12-5-4-6-25-12)21-17(26-9)22-20-8-10-7-11(18)16(24-3)13(19)15(10)23-2/h4-8H,1-3H3,(H,21,22)/b20-8-. The summed E-state index contributed by atoms with van der Waals surface area (Å²) in [4.78, 5) is 6.84. The predicted molar refractivity (Wildman–Crippen MR) is 111 cm³/mol. The molecule has 0 bridgehead atoms. The molecule has 0 fully saturated rings. The van der Waals surface area contributed by atoms with Crippen molar-refractivity contribution in [2.24, 2.45) is 5.10 Å². The first-order chi connectivity index (χ1) is 12.5. The molecule has 0 aliphatic heterocycles. The van der Waals surface area contributed by atoms with Gasteiger partial charge in [0.1, 0.15) is 10.8 Å². The maximum absolute atomic E-state index is 6.27. The van der Waals surface area contributed by atoms with E-state index in [0.717, 1.165) is 15.4 Å². The first-order valence-corrected chi connectivity index (χ1v) is 9.90. The van der Waals surface area contributed by atoms with E-state index in [1.165, 1.54) is 25.6 Å². The van der Waals surface area contributed by atoms with Crippen molar-refractivity contribution in [3.8, 4) is 22.1 Å². The smallest absolute Gasteiger partial charge is 0.204 e. The first-order valence-electron chi connectivity index (χ1n) is 7.45. The summed E-state index contributed by atoms with van der Waals surface area (Å²) in [6.07, 6.45) is 1.58. The van der Waals surface area contributed by atoms with Gasteiger partial charge in [-0.15, -0.1) is 22.7 Å². The zero-order valence-electron chi connectivity index (χ0n) is 14.2. The van der Waals surface area contributed by atoms with Gasteiger partial charge in [-0.05, 0) is 24.4 Å². The molecular formula is C17H15Cl2N3O2S2. The number of hydrogen-bond donors (Lipinski definition) is 1. The number of hydrazone groups is 1. The lowest BCUT2D eigenvalue weighted by Crippen LogP contribution is -1.97. The highest BCUT2D eigenvalue weighted by Crippen LogP contribution is 2.41. The minimum absolute atomic E-state index is 0.300. The number of thiazole rings is 1. The van der Waals surface area contributed by atoms with Crippen LogP contribution in [0.25, 0.3) is 10.6 Å². The molecule has 5 nitrogen and oxygen atoms in total. The van der Waals surface area contributed by atoms with Crippen LogP contribution < -0.4 is 14.9 Å². The second-order valence-corrected chi connectivity index (χ2v) is 8.04. The number of hydrogen-bond acceptors (Lipinski definition) is 7. The van der Waals surface area contributed by atoms with E-state index in [2.05, 4.69) is 15.5 Å². The highest BCUT2D eigenvalue weighted by molar-refractivity contribution is 7.17. The van der Waals surface area contributed by atoms with Crippen LogP contribution in [-0.4, -0.2) is 25.4 Å². The molecule has 3 aromatic rings. The second-order valence-electron chi connectivity index (χ2n) is 5.10. The van der Waals surface area contributed by atoms with Gasteiger partial charge in [0.2, 0.25) is 5.13 Å². The number of methoxy groups -OCH3 is 2. The van der Waals surface area contributed by atoms with Gasteiger partial charge in [0.05, 0.1) is 36.0 Å². The molecule has 3 rings (SSSR count). The van der Waals surface area contributed by atoms with Crippen LogP contribution in [0.5, 0.6) is 11.5 Å². The fourth-order valence-corrected chi connectivity index (χ4v) is 4.65. The van der Waals surface area contributed by atoms with Gasteiger partial charge in [-0.3, -0.25) is 5.43 Å². The fraction of sp³-hybridized carbons (Fsp3) is 0.176. The van der Waals surface area contributed by atoms with Crippen molar-refractivity contribution in [2.45, 2.75) is 6.92 Å². The number of ether oxygens (including phenoxy) is 2. The summed E-state index contributed by atoms with van der Waals surface area (Å²) >= 11 is 15.6. The Morgan fingerprint density at radius 3 is 2.65 bits per heavy atom. The van der Waals surface area contributed by atoms with E-state index >= 15 is 0 Å². The second kappa shape index (κ2) is 8.26. The highest BCUT2D eigenvalue weighted by atomic mass is 35.5. The summed E-state index contributed by atoms with van der Waals surface area (Å²) in [6.45, 7) is 2.04. The Morgan fingerprint density at radius 2 is 2.00 bits per heavy atom. The molecule has 0 aliphatic rings. The van der Waals surface area contributed by atoms with Gasteiger partial charge >= 0.3 is 0 Å². The van der Waals surface area contributed by atoms with Gasteiger partial charge in [-0.25, -0.2) is 4.98 Å². The first kappa shape index (κ1) is 19.0. The number of thiophene rings is 1. The van der Waals surface area contributed by atoms with E-state index in [0.29, 0.717) is 32.2 Å². The summed E-state index contributed by atoms with van der Waals surface area (Å²) in [5, 5.41) is 7.64. The normalized spacial score (nSPS) is 11.1. The van der Waals surface area contributed by atoms with Gasteiger partial charge in [0.25, 0.3) is 0 Å². The van der Waals surface area contributed by atoms with Crippen LogP contribution in [0.1, 0.15) is 10.4 Å². The molecule has 0 aliphatic carbocycles. The minimum Gasteiger partial charge on any atom is -0.494 e. The van der Waals surface area contributed by atoms with Crippen molar-refractivity contribution in [3.05, 3.63) is 44.1 Å². The van der Waals surface area contributed by atoms with E-state index in [9.17, 15) is 0 Å². The monoisotopic (exact) mass is 427 g/mol. The van der Waals surface area contributed by atoms with Crippen LogP contribution in [0, 0.1) is 6.92 Å². The topological polar surface area (TPSA) is 55.7 Å². The number of nitrogens with zero attached hydrogens (tertiary/aromatic N) is 2. The molecule has 136 valence electrons. The third-order valence-corrected chi connectivity index (χ3v) is 5.86. The van der Waals surface area contributed by atoms with Gasteiger partial charge in [0.15, 0.2) is 5.75 Å². The van der Waals surface area contributed by atoms with Crippen molar-refractivity contribution in [3.63, 3.8) is 0 Å². The molecule has 26 heavy (non-hydrogen) atoms. The van der Waals surface area contributed by atoms with Crippen LogP contribution >= 0.6 is 45.9 Å². The zero-order valence-corrected chi connectivity index (χ0v) is 17.3. The molecule has 9 heteroatoms. The van der Waals surface area contributed by atoms with Crippen molar-refractivity contribution in [1.82, 2.24) is 4.98 Å². The number of aromatic nitrogens is 1. The number of anilines is 1. The molecule has 0 atom stereocenters. The third-order valence-electron chi connectivity index (χ3n) is 3.48. The van der Waals surface area contributed by atoms with Crippen LogP contribution in [0.3, 0.4) is 0 Å². The van der Waals surface area contributed by atoms with Crippen LogP contribution in [-0.2, 0) is 0 Å². The zero-order chi connectivity index (χ0) is 18.7. The van der Waals surface area contributed by atoms with Gasteiger partial charge in [0, 0.05) is 10.4 Å². The lowest BCUT2D eigenvalue weighted by atomic mass is 10.2. The van der Waals surface area contributed by atoms with E-state index < -0.39 is 0 Å². The average molecular weight is 428 g/mol. The Hall–Kier alpha value is -1.80. The Kier molecular flexibility index (Phi) is 6.03. The summed E-state index contributed by atoms with van der Waals surface area (Å²) < 4.78 is 10.5. The lowest BCUT2D eigenvalue weighted by Gasteiger charge is -2.12. The van der Waals surface area contributed by atoms with Crippen LogP contribution in [0.4, 0.5) is 5.13 Å². The number of nitrogens with one attached hydrogen (secondary N) is 1. The van der Waals surface area contributed by atoms with E-state index in [1.54, 1.807) is 23.6 Å². The highest BCUT2D eigenvalue weighted by Gasteiger charge is 2.16. The molecule has 0 saturated heterocycles. The molecule has 1 aromatic carbocycles. The number of halogens is 2. The predicted octanol–water partition coefficient (Wildman–Crippen LogP) is 5.95. The minimum atomic E-state index is 0.300. The molecule has 0 amide bonds. The molecule has 0 saturated carbocycles. The quantitative estimate of drug-likeness (QED) is 0.389. The van der Waals surface area contributed by atoms with Gasteiger partial charge < -0.3 is 9.47 Å². The Labute approximate surface area is 169 Å². The Bertz CT molecular complexity index is 940. The maximum Gasteiger partial charge on any atom is 0.204 e. The summed E-state index contributed by atoms with van der Waals surface area (Å²) in [6, 6.07) is 5.74. The number of aryl methyl sites for hydroxylation is 1.